The monoisotopic (exact) mass is 301 g/mol. The maximum absolute atomic E-state index is 13.4. The molecular weight excluding hydrogens is 289 g/mol. The Balaban J connectivity index is 1.79. The van der Waals surface area contributed by atoms with Gasteiger partial charge in [0.1, 0.15) is 12.4 Å². The molecule has 0 radical (unpaired) electrons. The fourth-order valence-corrected chi connectivity index (χ4v) is 2.32. The molecule has 2 aromatic rings. The Labute approximate surface area is 126 Å². The van der Waals surface area contributed by atoms with Gasteiger partial charge >= 0.3 is 5.97 Å². The van der Waals surface area contributed by atoms with Crippen LogP contribution in [0.5, 0.6) is 0 Å². The second-order valence-corrected chi connectivity index (χ2v) is 5.21. The number of esters is 1. The molecule has 0 unspecified atom stereocenters. The lowest BCUT2D eigenvalue weighted by Gasteiger charge is -2.05. The summed E-state index contributed by atoms with van der Waals surface area (Å²) in [6.07, 6.45) is 0. The van der Waals surface area contributed by atoms with Crippen LogP contribution >= 0.6 is 11.8 Å². The quantitative estimate of drug-likeness (QED) is 0.626. The normalized spacial score (nSPS) is 9.90. The average Bonchev–Trinajstić information content (AvgIpc) is 2.52. The summed E-state index contributed by atoms with van der Waals surface area (Å²) in [5, 5.41) is 8.68. The first kappa shape index (κ1) is 15.1. The molecule has 0 aromatic heterocycles. The highest BCUT2D eigenvalue weighted by Gasteiger charge is 2.07. The topological polar surface area (TPSA) is 50.1 Å². The molecular formula is C16H12FNO2S. The number of ether oxygens (including phenoxy) is 1. The highest BCUT2D eigenvalue weighted by atomic mass is 32.2. The molecule has 0 spiro atoms. The van der Waals surface area contributed by atoms with E-state index >= 15 is 0 Å². The molecule has 0 amide bonds. The zero-order valence-corrected chi connectivity index (χ0v) is 11.9. The van der Waals surface area contributed by atoms with E-state index < -0.39 is 5.97 Å². The van der Waals surface area contributed by atoms with Crippen LogP contribution in [0.1, 0.15) is 11.1 Å². The molecule has 5 heteroatoms. The molecule has 21 heavy (non-hydrogen) atoms. The van der Waals surface area contributed by atoms with Gasteiger partial charge in [0.2, 0.25) is 0 Å². The minimum atomic E-state index is -0.410. The molecule has 0 saturated heterocycles. The molecule has 0 aliphatic heterocycles. The maximum Gasteiger partial charge on any atom is 0.316 e. The number of carbonyl (C=O) groups is 1. The van der Waals surface area contributed by atoms with Gasteiger partial charge < -0.3 is 4.74 Å². The molecule has 106 valence electrons. The minimum Gasteiger partial charge on any atom is -0.460 e. The summed E-state index contributed by atoms with van der Waals surface area (Å²) in [6.45, 7) is 0.141. The standard InChI is InChI=1S/C16H12FNO2S/c17-14-3-1-2-4-15(14)21-11-16(19)20-10-13-7-5-12(9-18)6-8-13/h1-8H,10-11H2. The molecule has 0 aliphatic carbocycles. The summed E-state index contributed by atoms with van der Waals surface area (Å²) < 4.78 is 18.5. The summed E-state index contributed by atoms with van der Waals surface area (Å²) in [4.78, 5) is 12.0. The maximum atomic E-state index is 13.4. The smallest absolute Gasteiger partial charge is 0.316 e. The predicted molar refractivity (Wildman–Crippen MR) is 78.1 cm³/mol. The fourth-order valence-electron chi connectivity index (χ4n) is 1.58. The van der Waals surface area contributed by atoms with Crippen LogP contribution in [0.3, 0.4) is 0 Å². The number of nitriles is 1. The number of rotatable bonds is 5. The number of benzene rings is 2. The van der Waals surface area contributed by atoms with Gasteiger partial charge in [-0.3, -0.25) is 4.79 Å². The van der Waals surface area contributed by atoms with Gasteiger partial charge in [0.25, 0.3) is 0 Å². The van der Waals surface area contributed by atoms with Crippen LogP contribution in [-0.2, 0) is 16.1 Å². The SMILES string of the molecule is N#Cc1ccc(COC(=O)CSc2ccccc2F)cc1. The van der Waals surface area contributed by atoms with Crippen molar-refractivity contribution in [2.24, 2.45) is 0 Å². The summed E-state index contributed by atoms with van der Waals surface area (Å²) >= 11 is 1.10. The van der Waals surface area contributed by atoms with Gasteiger partial charge in [0.15, 0.2) is 0 Å². The minimum absolute atomic E-state index is 0.0528. The molecule has 2 rings (SSSR count). The first-order chi connectivity index (χ1) is 10.2. The lowest BCUT2D eigenvalue weighted by molar-refractivity contribution is -0.141. The van der Waals surface area contributed by atoms with Crippen molar-refractivity contribution < 1.29 is 13.9 Å². The van der Waals surface area contributed by atoms with Gasteiger partial charge in [-0.1, -0.05) is 24.3 Å². The summed E-state index contributed by atoms with van der Waals surface area (Å²) in [5.41, 5.74) is 1.36. The van der Waals surface area contributed by atoms with Crippen molar-refractivity contribution >= 4 is 17.7 Å². The largest absolute Gasteiger partial charge is 0.460 e. The van der Waals surface area contributed by atoms with Crippen LogP contribution in [0.2, 0.25) is 0 Å². The van der Waals surface area contributed by atoms with Gasteiger partial charge in [0.05, 0.1) is 17.4 Å². The highest BCUT2D eigenvalue weighted by molar-refractivity contribution is 8.00. The van der Waals surface area contributed by atoms with Gasteiger partial charge in [-0.2, -0.15) is 5.26 Å². The Kier molecular flexibility index (Phi) is 5.35. The molecule has 0 fully saturated rings. The van der Waals surface area contributed by atoms with Crippen LogP contribution < -0.4 is 0 Å². The second-order valence-electron chi connectivity index (χ2n) is 4.19. The Morgan fingerprint density at radius 2 is 1.90 bits per heavy atom. The van der Waals surface area contributed by atoms with Crippen molar-refractivity contribution in [2.45, 2.75) is 11.5 Å². The number of thioether (sulfide) groups is 1. The van der Waals surface area contributed by atoms with Crippen molar-refractivity contribution in [2.75, 3.05) is 5.75 Å². The van der Waals surface area contributed by atoms with Crippen molar-refractivity contribution in [1.82, 2.24) is 0 Å². The third-order valence-electron chi connectivity index (χ3n) is 2.67. The third kappa shape index (κ3) is 4.62. The number of halogens is 1. The molecule has 0 aliphatic rings. The number of hydrogen-bond acceptors (Lipinski definition) is 4. The van der Waals surface area contributed by atoms with E-state index in [0.717, 1.165) is 17.3 Å². The molecule has 3 nitrogen and oxygen atoms in total. The van der Waals surface area contributed by atoms with Crippen LogP contribution in [0, 0.1) is 17.1 Å². The lowest BCUT2D eigenvalue weighted by Crippen LogP contribution is -2.07. The van der Waals surface area contributed by atoms with Crippen LogP contribution in [-0.4, -0.2) is 11.7 Å². The van der Waals surface area contributed by atoms with Crippen LogP contribution in [0.25, 0.3) is 0 Å². The lowest BCUT2D eigenvalue weighted by atomic mass is 10.2. The van der Waals surface area contributed by atoms with Gasteiger partial charge in [0, 0.05) is 4.90 Å². The first-order valence-corrected chi connectivity index (χ1v) is 7.19. The summed E-state index contributed by atoms with van der Waals surface area (Å²) in [5.74, 6) is -0.702. The van der Waals surface area contributed by atoms with Crippen molar-refractivity contribution in [3.8, 4) is 6.07 Å². The molecule has 0 heterocycles. The Hall–Kier alpha value is -2.32. The Bertz CT molecular complexity index is 665. The van der Waals surface area contributed by atoms with Gasteiger partial charge in [-0.15, -0.1) is 11.8 Å². The van der Waals surface area contributed by atoms with E-state index in [2.05, 4.69) is 0 Å². The van der Waals surface area contributed by atoms with E-state index in [-0.39, 0.29) is 18.2 Å². The first-order valence-electron chi connectivity index (χ1n) is 6.21. The molecule has 0 atom stereocenters. The summed E-state index contributed by atoms with van der Waals surface area (Å²) in [7, 11) is 0. The van der Waals surface area contributed by atoms with E-state index in [0.29, 0.717) is 10.5 Å². The molecule has 0 bridgehead atoms. The van der Waals surface area contributed by atoms with Crippen molar-refractivity contribution in [3.63, 3.8) is 0 Å². The van der Waals surface area contributed by atoms with Crippen molar-refractivity contribution in [3.05, 3.63) is 65.5 Å². The Morgan fingerprint density at radius 3 is 2.57 bits per heavy atom. The van der Waals surface area contributed by atoms with E-state index in [4.69, 9.17) is 10.00 Å². The van der Waals surface area contributed by atoms with E-state index in [1.54, 1.807) is 42.5 Å². The van der Waals surface area contributed by atoms with Crippen molar-refractivity contribution in [1.29, 1.82) is 5.26 Å². The third-order valence-corrected chi connectivity index (χ3v) is 3.69. The molecule has 0 saturated carbocycles. The van der Waals surface area contributed by atoms with E-state index in [9.17, 15) is 9.18 Å². The highest BCUT2D eigenvalue weighted by Crippen LogP contribution is 2.21. The molecule has 0 N–H and O–H groups in total. The Morgan fingerprint density at radius 1 is 1.19 bits per heavy atom. The van der Waals surface area contributed by atoms with Gasteiger partial charge in [-0.25, -0.2) is 4.39 Å². The summed E-state index contributed by atoms with van der Waals surface area (Å²) in [6, 6.07) is 15.1. The number of carbonyl (C=O) groups excluding carboxylic acids is 1. The van der Waals surface area contributed by atoms with Crippen LogP contribution in [0.15, 0.2) is 53.4 Å². The second kappa shape index (κ2) is 7.46. The predicted octanol–water partition coefficient (Wildman–Crippen LogP) is 3.53. The van der Waals surface area contributed by atoms with E-state index in [1.165, 1.54) is 6.07 Å². The number of hydrogen-bond donors (Lipinski definition) is 0. The fraction of sp³-hybridized carbons (Fsp3) is 0.125. The van der Waals surface area contributed by atoms with Gasteiger partial charge in [-0.05, 0) is 29.8 Å². The number of nitrogens with zero attached hydrogens (tertiary/aromatic N) is 1. The zero-order valence-electron chi connectivity index (χ0n) is 11.1. The van der Waals surface area contributed by atoms with E-state index in [1.807, 2.05) is 6.07 Å². The zero-order chi connectivity index (χ0) is 15.1. The molecule has 2 aromatic carbocycles. The average molecular weight is 301 g/mol. The van der Waals surface area contributed by atoms with Crippen LogP contribution in [0.4, 0.5) is 4.39 Å².